The maximum absolute atomic E-state index is 13.2. The first-order valence-corrected chi connectivity index (χ1v) is 10.9. The predicted molar refractivity (Wildman–Crippen MR) is 116 cm³/mol. The molecular weight excluding hydrogens is 427 g/mol. The van der Waals surface area contributed by atoms with E-state index < -0.39 is 37.2 Å². The van der Waals surface area contributed by atoms with Gasteiger partial charge in [-0.05, 0) is 34.9 Å². The highest BCUT2D eigenvalue weighted by Crippen LogP contribution is 2.36. The van der Waals surface area contributed by atoms with Crippen molar-refractivity contribution in [3.63, 3.8) is 0 Å². The van der Waals surface area contributed by atoms with Crippen LogP contribution in [0.5, 0.6) is 0 Å². The molecule has 4 rings (SSSR count). The van der Waals surface area contributed by atoms with Crippen LogP contribution in [0.4, 0.5) is 4.39 Å². The Morgan fingerprint density at radius 3 is 2.43 bits per heavy atom. The number of aliphatic hydroxyl groups is 3. The third-order valence-electron chi connectivity index (χ3n) is 5.35. The van der Waals surface area contributed by atoms with E-state index in [4.69, 9.17) is 16.3 Å². The minimum Gasteiger partial charge on any atom is -0.387 e. The van der Waals surface area contributed by atoms with Gasteiger partial charge in [0.05, 0.1) is 0 Å². The standard InChI is InChI=1S/C23H22ClFO4S/c24-17-8-6-14(23-22(28)21(27)20(26)18(12-25)29-23)10-15(17)11-16-7-9-19(30-16)13-4-2-1-3-5-13/h1-10,18,20-23,26-28H,11-12H2/t18-,20+,21+,22-,23+/m1/s1. The van der Waals surface area contributed by atoms with Crippen LogP contribution in [-0.4, -0.2) is 46.4 Å². The van der Waals surface area contributed by atoms with Crippen molar-refractivity contribution in [1.29, 1.82) is 0 Å². The molecule has 3 N–H and O–H groups in total. The van der Waals surface area contributed by atoms with E-state index in [0.29, 0.717) is 17.0 Å². The second kappa shape index (κ2) is 9.14. The number of hydrogen-bond acceptors (Lipinski definition) is 5. The molecule has 0 spiro atoms. The lowest BCUT2D eigenvalue weighted by Gasteiger charge is -2.40. The van der Waals surface area contributed by atoms with Gasteiger partial charge >= 0.3 is 0 Å². The van der Waals surface area contributed by atoms with E-state index in [1.54, 1.807) is 29.5 Å². The molecule has 1 aliphatic heterocycles. The summed E-state index contributed by atoms with van der Waals surface area (Å²) in [6.45, 7) is -0.959. The number of thiophene rings is 1. The SMILES string of the molecule is O[C@H]1[C@@H](O)[C@@H](CF)O[C@@H](c2ccc(Cl)c(Cc3ccc(-c4ccccc4)s3)c2)[C@@H]1O. The quantitative estimate of drug-likeness (QED) is 0.548. The summed E-state index contributed by atoms with van der Waals surface area (Å²) in [6.07, 6.45) is -5.90. The maximum Gasteiger partial charge on any atom is 0.118 e. The Kier molecular flexibility index (Phi) is 6.53. The molecule has 0 radical (unpaired) electrons. The summed E-state index contributed by atoms with van der Waals surface area (Å²) in [5, 5.41) is 30.9. The van der Waals surface area contributed by atoms with Crippen LogP contribution in [-0.2, 0) is 11.2 Å². The molecule has 2 heterocycles. The third-order valence-corrected chi connectivity index (χ3v) is 6.85. The van der Waals surface area contributed by atoms with Gasteiger partial charge in [-0.3, -0.25) is 0 Å². The van der Waals surface area contributed by atoms with Crippen LogP contribution >= 0.6 is 22.9 Å². The van der Waals surface area contributed by atoms with Crippen LogP contribution in [0.1, 0.15) is 22.1 Å². The molecule has 30 heavy (non-hydrogen) atoms. The second-order valence-electron chi connectivity index (χ2n) is 7.38. The molecule has 0 saturated carbocycles. The number of ether oxygens (including phenoxy) is 1. The fraction of sp³-hybridized carbons (Fsp3) is 0.304. The van der Waals surface area contributed by atoms with Crippen molar-refractivity contribution in [3.05, 3.63) is 81.7 Å². The molecule has 158 valence electrons. The smallest absolute Gasteiger partial charge is 0.118 e. The Morgan fingerprint density at radius 2 is 1.70 bits per heavy atom. The number of aliphatic hydroxyl groups excluding tert-OH is 3. The molecule has 7 heteroatoms. The minimum atomic E-state index is -1.49. The lowest BCUT2D eigenvalue weighted by molar-refractivity contribution is -0.227. The fourth-order valence-corrected chi connectivity index (χ4v) is 4.90. The molecule has 1 aliphatic rings. The van der Waals surface area contributed by atoms with E-state index >= 15 is 0 Å². The third kappa shape index (κ3) is 4.30. The van der Waals surface area contributed by atoms with E-state index in [1.165, 1.54) is 0 Å². The molecule has 5 atom stereocenters. The predicted octanol–water partition coefficient (Wildman–Crippen LogP) is 4.15. The van der Waals surface area contributed by atoms with Crippen molar-refractivity contribution in [2.45, 2.75) is 36.9 Å². The summed E-state index contributed by atoms with van der Waals surface area (Å²) >= 11 is 8.08. The Bertz CT molecular complexity index is 994. The van der Waals surface area contributed by atoms with Crippen molar-refractivity contribution in [3.8, 4) is 10.4 Å². The van der Waals surface area contributed by atoms with Crippen LogP contribution in [0.15, 0.2) is 60.7 Å². The number of rotatable bonds is 5. The average molecular weight is 449 g/mol. The maximum atomic E-state index is 13.2. The zero-order chi connectivity index (χ0) is 21.3. The van der Waals surface area contributed by atoms with Gasteiger partial charge in [0.2, 0.25) is 0 Å². The van der Waals surface area contributed by atoms with Gasteiger partial charge in [0.15, 0.2) is 0 Å². The topological polar surface area (TPSA) is 69.9 Å². The van der Waals surface area contributed by atoms with E-state index in [1.807, 2.05) is 18.2 Å². The monoisotopic (exact) mass is 448 g/mol. The number of alkyl halides is 1. The number of benzene rings is 2. The van der Waals surface area contributed by atoms with Gasteiger partial charge in [-0.25, -0.2) is 4.39 Å². The summed E-state index contributed by atoms with van der Waals surface area (Å²) in [5.41, 5.74) is 2.56. The highest BCUT2D eigenvalue weighted by molar-refractivity contribution is 7.15. The molecule has 3 aromatic rings. The van der Waals surface area contributed by atoms with Gasteiger partial charge in [0, 0.05) is 21.2 Å². The summed E-state index contributed by atoms with van der Waals surface area (Å²) < 4.78 is 18.7. The Balaban J connectivity index is 1.57. The first kappa shape index (κ1) is 21.4. The second-order valence-corrected chi connectivity index (χ2v) is 8.96. The van der Waals surface area contributed by atoms with Crippen molar-refractivity contribution < 1.29 is 24.4 Å². The van der Waals surface area contributed by atoms with E-state index in [0.717, 1.165) is 20.9 Å². The van der Waals surface area contributed by atoms with Crippen LogP contribution < -0.4 is 0 Å². The van der Waals surface area contributed by atoms with E-state index in [9.17, 15) is 19.7 Å². The molecule has 0 unspecified atom stereocenters. The Hall–Kier alpha value is -1.80. The van der Waals surface area contributed by atoms with Crippen molar-refractivity contribution in [2.24, 2.45) is 0 Å². The van der Waals surface area contributed by atoms with E-state index in [2.05, 4.69) is 24.3 Å². The van der Waals surface area contributed by atoms with E-state index in [-0.39, 0.29) is 0 Å². The summed E-state index contributed by atoms with van der Waals surface area (Å²) in [4.78, 5) is 2.28. The van der Waals surface area contributed by atoms with Crippen molar-refractivity contribution in [1.82, 2.24) is 0 Å². The number of hydrogen-bond donors (Lipinski definition) is 3. The lowest BCUT2D eigenvalue weighted by atomic mass is 9.90. The average Bonchev–Trinajstić information content (AvgIpc) is 3.23. The molecule has 2 aromatic carbocycles. The molecule has 0 aliphatic carbocycles. The molecular formula is C23H22ClFO4S. The van der Waals surface area contributed by atoms with Crippen LogP contribution in [0.25, 0.3) is 10.4 Å². The Morgan fingerprint density at radius 1 is 0.933 bits per heavy atom. The van der Waals surface area contributed by atoms with Gasteiger partial charge in [-0.15, -0.1) is 11.3 Å². The first-order chi connectivity index (χ1) is 14.5. The minimum absolute atomic E-state index is 0.571. The summed E-state index contributed by atoms with van der Waals surface area (Å²) in [6, 6.07) is 19.4. The summed E-state index contributed by atoms with van der Waals surface area (Å²) in [5.74, 6) is 0. The zero-order valence-electron chi connectivity index (χ0n) is 16.0. The van der Waals surface area contributed by atoms with Gasteiger partial charge in [0.1, 0.15) is 37.2 Å². The lowest BCUT2D eigenvalue weighted by Crippen LogP contribution is -2.54. The molecule has 0 bridgehead atoms. The highest BCUT2D eigenvalue weighted by atomic mass is 35.5. The first-order valence-electron chi connectivity index (χ1n) is 9.66. The molecule has 4 nitrogen and oxygen atoms in total. The molecule has 0 amide bonds. The van der Waals surface area contributed by atoms with Gasteiger partial charge in [0.25, 0.3) is 0 Å². The van der Waals surface area contributed by atoms with Gasteiger partial charge in [-0.2, -0.15) is 0 Å². The zero-order valence-corrected chi connectivity index (χ0v) is 17.6. The largest absolute Gasteiger partial charge is 0.387 e. The molecule has 1 fully saturated rings. The highest BCUT2D eigenvalue weighted by Gasteiger charge is 2.44. The summed E-state index contributed by atoms with van der Waals surface area (Å²) in [7, 11) is 0. The normalized spacial score (nSPS) is 26.6. The number of halogens is 2. The van der Waals surface area contributed by atoms with Gasteiger partial charge in [-0.1, -0.05) is 54.1 Å². The molecule has 1 aromatic heterocycles. The van der Waals surface area contributed by atoms with Crippen LogP contribution in [0.3, 0.4) is 0 Å². The van der Waals surface area contributed by atoms with Crippen molar-refractivity contribution in [2.75, 3.05) is 6.67 Å². The fourth-order valence-electron chi connectivity index (χ4n) is 3.68. The van der Waals surface area contributed by atoms with Crippen LogP contribution in [0.2, 0.25) is 5.02 Å². The van der Waals surface area contributed by atoms with Crippen molar-refractivity contribution >= 4 is 22.9 Å². The van der Waals surface area contributed by atoms with Crippen LogP contribution in [0, 0.1) is 0 Å². The van der Waals surface area contributed by atoms with Gasteiger partial charge < -0.3 is 20.1 Å². The molecule has 1 saturated heterocycles. The Labute approximate surface area is 183 Å².